The summed E-state index contributed by atoms with van der Waals surface area (Å²) in [4.78, 5) is 2.89. The van der Waals surface area contributed by atoms with Crippen LogP contribution in [-0.2, 0) is 0 Å². The quantitative estimate of drug-likeness (QED) is 0.822. The molecule has 0 aromatic heterocycles. The topological polar surface area (TPSA) is 15.3 Å². The number of rotatable bonds is 2. The van der Waals surface area contributed by atoms with Gasteiger partial charge in [-0.25, -0.2) is 0 Å². The van der Waals surface area contributed by atoms with Gasteiger partial charge in [0.1, 0.15) is 0 Å². The fraction of sp³-hybridized carbons (Fsp3) is 1.00. The maximum Gasteiger partial charge on any atom is 0.0337 e. The fourth-order valence-electron chi connectivity index (χ4n) is 5.18. The summed E-state index contributed by atoms with van der Waals surface area (Å²) in [5, 5.41) is 3.99. The summed E-state index contributed by atoms with van der Waals surface area (Å²) in [6.45, 7) is 7.40. The number of nitrogens with one attached hydrogen (secondary N) is 1. The summed E-state index contributed by atoms with van der Waals surface area (Å²) in [6.07, 6.45) is 14.5. The Labute approximate surface area is 125 Å². The molecule has 20 heavy (non-hydrogen) atoms. The van der Waals surface area contributed by atoms with E-state index in [0.29, 0.717) is 11.6 Å². The lowest BCUT2D eigenvalue weighted by Crippen LogP contribution is -2.68. The standard InChI is InChI=1S/C18H34N2/c1-15(2)20-13-17(16-9-5-3-6-10-16)19-14-18(20)11-7-4-8-12-18/h15-17,19H,3-14H2,1-2H3. The van der Waals surface area contributed by atoms with E-state index in [-0.39, 0.29) is 0 Å². The monoisotopic (exact) mass is 278 g/mol. The first-order chi connectivity index (χ1) is 9.71. The molecule has 2 aliphatic carbocycles. The third-order valence-electron chi connectivity index (χ3n) is 6.32. The summed E-state index contributed by atoms with van der Waals surface area (Å²) < 4.78 is 0. The van der Waals surface area contributed by atoms with Crippen molar-refractivity contribution < 1.29 is 0 Å². The van der Waals surface area contributed by atoms with Gasteiger partial charge in [0.2, 0.25) is 0 Å². The van der Waals surface area contributed by atoms with Gasteiger partial charge in [0.25, 0.3) is 0 Å². The lowest BCUT2D eigenvalue weighted by atomic mass is 9.75. The van der Waals surface area contributed by atoms with Crippen LogP contribution in [0.5, 0.6) is 0 Å². The van der Waals surface area contributed by atoms with E-state index in [2.05, 4.69) is 24.1 Å². The van der Waals surface area contributed by atoms with Gasteiger partial charge < -0.3 is 5.32 Å². The Hall–Kier alpha value is -0.0800. The summed E-state index contributed by atoms with van der Waals surface area (Å²) in [5.74, 6) is 0.950. The molecule has 1 aliphatic heterocycles. The van der Waals surface area contributed by atoms with Gasteiger partial charge in [0.05, 0.1) is 0 Å². The predicted molar refractivity (Wildman–Crippen MR) is 86.0 cm³/mol. The fourth-order valence-corrected chi connectivity index (χ4v) is 5.18. The second-order valence-electron chi connectivity index (χ2n) is 7.92. The van der Waals surface area contributed by atoms with Crippen LogP contribution in [0.1, 0.15) is 78.1 Å². The van der Waals surface area contributed by atoms with E-state index in [1.165, 1.54) is 77.3 Å². The van der Waals surface area contributed by atoms with Crippen LogP contribution in [0.25, 0.3) is 0 Å². The van der Waals surface area contributed by atoms with Crippen LogP contribution in [-0.4, -0.2) is 35.6 Å². The van der Waals surface area contributed by atoms with E-state index < -0.39 is 0 Å². The molecule has 2 saturated carbocycles. The Morgan fingerprint density at radius 3 is 2.25 bits per heavy atom. The Morgan fingerprint density at radius 1 is 0.950 bits per heavy atom. The van der Waals surface area contributed by atoms with Crippen LogP contribution >= 0.6 is 0 Å². The summed E-state index contributed by atoms with van der Waals surface area (Å²) in [5.41, 5.74) is 0.498. The first kappa shape index (κ1) is 14.8. The van der Waals surface area contributed by atoms with Gasteiger partial charge >= 0.3 is 0 Å². The summed E-state index contributed by atoms with van der Waals surface area (Å²) in [7, 11) is 0. The van der Waals surface area contributed by atoms with Gasteiger partial charge in [-0.2, -0.15) is 0 Å². The van der Waals surface area contributed by atoms with Crippen molar-refractivity contribution in [1.82, 2.24) is 10.2 Å². The minimum absolute atomic E-state index is 0.498. The van der Waals surface area contributed by atoms with Crippen LogP contribution in [0.3, 0.4) is 0 Å². The van der Waals surface area contributed by atoms with Gasteiger partial charge in [0.15, 0.2) is 0 Å². The molecule has 0 aromatic carbocycles. The lowest BCUT2D eigenvalue weighted by molar-refractivity contribution is -0.0249. The molecule has 1 heterocycles. The third kappa shape index (κ3) is 2.92. The largest absolute Gasteiger partial charge is 0.311 e. The highest BCUT2D eigenvalue weighted by molar-refractivity contribution is 5.02. The number of nitrogens with zero attached hydrogens (tertiary/aromatic N) is 1. The first-order valence-corrected chi connectivity index (χ1v) is 9.21. The molecular weight excluding hydrogens is 244 g/mol. The Morgan fingerprint density at radius 2 is 1.60 bits per heavy atom. The first-order valence-electron chi connectivity index (χ1n) is 9.21. The Balaban J connectivity index is 1.68. The predicted octanol–water partition coefficient (Wildman–Crippen LogP) is 3.95. The number of hydrogen-bond acceptors (Lipinski definition) is 2. The second kappa shape index (κ2) is 6.36. The molecule has 1 spiro atoms. The molecule has 116 valence electrons. The molecule has 1 unspecified atom stereocenters. The molecule has 1 atom stereocenters. The molecular formula is C18H34N2. The minimum atomic E-state index is 0.498. The Kier molecular flexibility index (Phi) is 4.72. The molecule has 2 heteroatoms. The van der Waals surface area contributed by atoms with Crippen LogP contribution in [0, 0.1) is 5.92 Å². The number of hydrogen-bond donors (Lipinski definition) is 1. The lowest BCUT2D eigenvalue weighted by Gasteiger charge is -2.55. The van der Waals surface area contributed by atoms with E-state index in [9.17, 15) is 0 Å². The van der Waals surface area contributed by atoms with E-state index >= 15 is 0 Å². The second-order valence-corrected chi connectivity index (χ2v) is 7.92. The highest BCUT2D eigenvalue weighted by atomic mass is 15.3. The van der Waals surface area contributed by atoms with E-state index in [0.717, 1.165) is 12.0 Å². The van der Waals surface area contributed by atoms with E-state index in [1.54, 1.807) is 0 Å². The van der Waals surface area contributed by atoms with Gasteiger partial charge in [-0.1, -0.05) is 38.5 Å². The maximum absolute atomic E-state index is 3.99. The minimum Gasteiger partial charge on any atom is -0.311 e. The summed E-state index contributed by atoms with van der Waals surface area (Å²) >= 11 is 0. The Bertz CT molecular complexity index is 301. The number of piperazine rings is 1. The molecule has 0 aromatic rings. The van der Waals surface area contributed by atoms with Crippen molar-refractivity contribution in [3.63, 3.8) is 0 Å². The zero-order valence-electron chi connectivity index (χ0n) is 13.7. The van der Waals surface area contributed by atoms with Crippen LogP contribution in [0.4, 0.5) is 0 Å². The van der Waals surface area contributed by atoms with Crippen LogP contribution < -0.4 is 5.32 Å². The van der Waals surface area contributed by atoms with E-state index in [1.807, 2.05) is 0 Å². The molecule has 1 saturated heterocycles. The molecule has 0 radical (unpaired) electrons. The van der Waals surface area contributed by atoms with Crippen molar-refractivity contribution >= 4 is 0 Å². The maximum atomic E-state index is 3.99. The third-order valence-corrected chi connectivity index (χ3v) is 6.32. The molecule has 3 fully saturated rings. The van der Waals surface area contributed by atoms with Crippen molar-refractivity contribution in [2.45, 2.75) is 95.7 Å². The van der Waals surface area contributed by atoms with Crippen LogP contribution in [0.15, 0.2) is 0 Å². The van der Waals surface area contributed by atoms with Crippen molar-refractivity contribution in [1.29, 1.82) is 0 Å². The van der Waals surface area contributed by atoms with Gasteiger partial charge in [-0.3, -0.25) is 4.90 Å². The van der Waals surface area contributed by atoms with Crippen molar-refractivity contribution in [3.05, 3.63) is 0 Å². The molecule has 0 bridgehead atoms. The van der Waals surface area contributed by atoms with Crippen LogP contribution in [0.2, 0.25) is 0 Å². The van der Waals surface area contributed by atoms with Crippen molar-refractivity contribution in [2.75, 3.05) is 13.1 Å². The average Bonchev–Trinajstić information content (AvgIpc) is 2.49. The average molecular weight is 278 g/mol. The zero-order chi connectivity index (χ0) is 14.0. The molecule has 0 amide bonds. The highest BCUT2D eigenvalue weighted by Gasteiger charge is 2.44. The normalized spacial score (nSPS) is 32.9. The van der Waals surface area contributed by atoms with Gasteiger partial charge in [0, 0.05) is 30.7 Å². The molecule has 2 nitrogen and oxygen atoms in total. The zero-order valence-corrected chi connectivity index (χ0v) is 13.7. The van der Waals surface area contributed by atoms with Crippen molar-refractivity contribution in [2.24, 2.45) is 5.92 Å². The van der Waals surface area contributed by atoms with Gasteiger partial charge in [-0.05, 0) is 45.4 Å². The van der Waals surface area contributed by atoms with Crippen molar-refractivity contribution in [3.8, 4) is 0 Å². The van der Waals surface area contributed by atoms with Gasteiger partial charge in [-0.15, -0.1) is 0 Å². The molecule has 3 aliphatic rings. The highest BCUT2D eigenvalue weighted by Crippen LogP contribution is 2.38. The smallest absolute Gasteiger partial charge is 0.0337 e. The SMILES string of the molecule is CC(C)N1CC(C2CCCCC2)NCC12CCCCC2. The molecule has 1 N–H and O–H groups in total. The van der Waals surface area contributed by atoms with E-state index in [4.69, 9.17) is 0 Å². The molecule has 3 rings (SSSR count). The summed E-state index contributed by atoms with van der Waals surface area (Å²) in [6, 6.07) is 1.48.